The van der Waals surface area contributed by atoms with Crippen LogP contribution in [0.2, 0.25) is 0 Å². The van der Waals surface area contributed by atoms with E-state index in [1.165, 1.54) is 0 Å². The molecule has 5 nitrogen and oxygen atoms in total. The van der Waals surface area contributed by atoms with Crippen molar-refractivity contribution in [3.63, 3.8) is 0 Å². The molecule has 0 spiro atoms. The lowest BCUT2D eigenvalue weighted by Crippen LogP contribution is -2.56. The van der Waals surface area contributed by atoms with Gasteiger partial charge in [0, 0.05) is 25.3 Å². The molecule has 1 amide bonds. The number of likely N-dealkylation sites (N-methyl/N-ethyl adjacent to an activating group) is 1. The van der Waals surface area contributed by atoms with Crippen molar-refractivity contribution in [2.45, 2.75) is 6.04 Å². The van der Waals surface area contributed by atoms with E-state index in [9.17, 15) is 4.79 Å². The first-order chi connectivity index (χ1) is 8.61. The Morgan fingerprint density at radius 2 is 2.00 bits per heavy atom. The van der Waals surface area contributed by atoms with Gasteiger partial charge in [0.05, 0.1) is 7.11 Å². The lowest BCUT2D eigenvalue weighted by atomic mass is 10.1. The van der Waals surface area contributed by atoms with Gasteiger partial charge < -0.3 is 15.4 Å². The van der Waals surface area contributed by atoms with Gasteiger partial charge in [-0.1, -0.05) is 0 Å². The molecule has 1 aromatic rings. The van der Waals surface area contributed by atoms with Crippen LogP contribution in [0.15, 0.2) is 24.3 Å². The first kappa shape index (κ1) is 12.7. The quantitative estimate of drug-likeness (QED) is 0.837. The molecule has 0 radical (unpaired) electrons. The highest BCUT2D eigenvalue weighted by molar-refractivity contribution is 5.81. The molecule has 1 atom stereocenters. The van der Waals surface area contributed by atoms with Crippen molar-refractivity contribution in [3.8, 4) is 5.75 Å². The van der Waals surface area contributed by atoms with E-state index in [0.29, 0.717) is 6.54 Å². The van der Waals surface area contributed by atoms with E-state index in [1.807, 2.05) is 36.2 Å². The summed E-state index contributed by atoms with van der Waals surface area (Å²) >= 11 is 0. The molecule has 0 unspecified atom stereocenters. The van der Waals surface area contributed by atoms with Crippen molar-refractivity contribution in [2.24, 2.45) is 5.73 Å². The minimum absolute atomic E-state index is 0.221. The number of carbonyl (C=O) groups is 1. The van der Waals surface area contributed by atoms with Crippen molar-refractivity contribution in [1.29, 1.82) is 0 Å². The molecule has 1 fully saturated rings. The van der Waals surface area contributed by atoms with Gasteiger partial charge in [0.15, 0.2) is 0 Å². The summed E-state index contributed by atoms with van der Waals surface area (Å²) in [6.07, 6.45) is 0. The molecule has 1 aromatic carbocycles. The zero-order valence-corrected chi connectivity index (χ0v) is 10.8. The number of ether oxygens (including phenoxy) is 1. The average molecular weight is 249 g/mol. The maximum atomic E-state index is 11.4. The van der Waals surface area contributed by atoms with E-state index in [2.05, 4.69) is 4.90 Å². The number of nitrogens with zero attached hydrogens (tertiary/aromatic N) is 2. The second-order valence-corrected chi connectivity index (χ2v) is 4.54. The van der Waals surface area contributed by atoms with Gasteiger partial charge in [-0.15, -0.1) is 0 Å². The zero-order valence-electron chi connectivity index (χ0n) is 10.8. The highest BCUT2D eigenvalue weighted by atomic mass is 16.5. The van der Waals surface area contributed by atoms with Crippen LogP contribution in [-0.2, 0) is 4.79 Å². The minimum atomic E-state index is -0.268. The summed E-state index contributed by atoms with van der Waals surface area (Å²) in [5, 5.41) is 0. The third kappa shape index (κ3) is 2.56. The Morgan fingerprint density at radius 3 is 2.56 bits per heavy atom. The molecule has 1 aliphatic rings. The van der Waals surface area contributed by atoms with Gasteiger partial charge in [0.2, 0.25) is 5.91 Å². The summed E-state index contributed by atoms with van der Waals surface area (Å²) in [5.74, 6) is 0.565. The standard InChI is InChI=1S/C13H19N3O2/c1-15-7-8-16(9-12(15)13(14)17)10-3-5-11(18-2)6-4-10/h3-6,12H,7-9H2,1-2H3,(H2,14,17)/t12-/m1/s1. The number of carbonyl (C=O) groups excluding carboxylic acids is 1. The van der Waals surface area contributed by atoms with Crippen LogP contribution in [0.4, 0.5) is 5.69 Å². The monoisotopic (exact) mass is 249 g/mol. The van der Waals surface area contributed by atoms with E-state index in [1.54, 1.807) is 7.11 Å². The van der Waals surface area contributed by atoms with Crippen LogP contribution >= 0.6 is 0 Å². The number of nitrogens with two attached hydrogens (primary N) is 1. The lowest BCUT2D eigenvalue weighted by Gasteiger charge is -2.39. The third-order valence-electron chi connectivity index (χ3n) is 3.41. The molecule has 18 heavy (non-hydrogen) atoms. The normalized spacial score (nSPS) is 20.8. The zero-order chi connectivity index (χ0) is 13.1. The topological polar surface area (TPSA) is 58.8 Å². The number of methoxy groups -OCH3 is 1. The van der Waals surface area contributed by atoms with Crippen molar-refractivity contribution in [2.75, 3.05) is 38.7 Å². The predicted octanol–water partition coefficient (Wildman–Crippen LogP) is 0.301. The number of benzene rings is 1. The Kier molecular flexibility index (Phi) is 3.72. The Bertz CT molecular complexity index is 419. The summed E-state index contributed by atoms with van der Waals surface area (Å²) in [4.78, 5) is 15.6. The molecule has 1 saturated heterocycles. The number of hydrogen-bond acceptors (Lipinski definition) is 4. The van der Waals surface area contributed by atoms with Crippen molar-refractivity contribution in [1.82, 2.24) is 4.90 Å². The SMILES string of the molecule is COc1ccc(N2CCN(C)[C@@H](C(N)=O)C2)cc1. The fraction of sp³-hybridized carbons (Fsp3) is 0.462. The van der Waals surface area contributed by atoms with Crippen molar-refractivity contribution < 1.29 is 9.53 Å². The van der Waals surface area contributed by atoms with Gasteiger partial charge in [-0.05, 0) is 31.3 Å². The largest absolute Gasteiger partial charge is 0.497 e. The van der Waals surface area contributed by atoms with Crippen LogP contribution in [0, 0.1) is 0 Å². The van der Waals surface area contributed by atoms with E-state index < -0.39 is 0 Å². The maximum Gasteiger partial charge on any atom is 0.236 e. The van der Waals surface area contributed by atoms with E-state index in [4.69, 9.17) is 10.5 Å². The van der Waals surface area contributed by atoms with E-state index in [0.717, 1.165) is 24.5 Å². The molecule has 2 rings (SSSR count). The van der Waals surface area contributed by atoms with E-state index >= 15 is 0 Å². The number of hydrogen-bond donors (Lipinski definition) is 1. The molecule has 5 heteroatoms. The van der Waals surface area contributed by atoms with Gasteiger partial charge in [-0.2, -0.15) is 0 Å². The molecule has 1 heterocycles. The third-order valence-corrected chi connectivity index (χ3v) is 3.41. The molecule has 0 aromatic heterocycles. The highest BCUT2D eigenvalue weighted by Gasteiger charge is 2.28. The molecule has 0 aliphatic carbocycles. The number of anilines is 1. The van der Waals surface area contributed by atoms with Crippen LogP contribution < -0.4 is 15.4 Å². The average Bonchev–Trinajstić information content (AvgIpc) is 2.39. The van der Waals surface area contributed by atoms with Crippen molar-refractivity contribution in [3.05, 3.63) is 24.3 Å². The van der Waals surface area contributed by atoms with Gasteiger partial charge >= 0.3 is 0 Å². The molecular weight excluding hydrogens is 230 g/mol. The summed E-state index contributed by atoms with van der Waals surface area (Å²) in [5.41, 5.74) is 6.51. The van der Waals surface area contributed by atoms with Crippen LogP contribution in [0.3, 0.4) is 0 Å². The second kappa shape index (κ2) is 5.27. The van der Waals surface area contributed by atoms with Gasteiger partial charge in [-0.3, -0.25) is 9.69 Å². The highest BCUT2D eigenvalue weighted by Crippen LogP contribution is 2.21. The predicted molar refractivity (Wildman–Crippen MR) is 70.8 cm³/mol. The molecule has 0 saturated carbocycles. The molecule has 2 N–H and O–H groups in total. The summed E-state index contributed by atoms with van der Waals surface area (Å²) in [6, 6.07) is 7.63. The van der Waals surface area contributed by atoms with Crippen LogP contribution in [0.25, 0.3) is 0 Å². The first-order valence-electron chi connectivity index (χ1n) is 6.00. The van der Waals surface area contributed by atoms with Crippen LogP contribution in [-0.4, -0.2) is 50.6 Å². The molecule has 98 valence electrons. The van der Waals surface area contributed by atoms with Gasteiger partial charge in [0.1, 0.15) is 11.8 Å². The Hall–Kier alpha value is -1.75. The Morgan fingerprint density at radius 1 is 1.33 bits per heavy atom. The number of primary amides is 1. The van der Waals surface area contributed by atoms with Gasteiger partial charge in [-0.25, -0.2) is 0 Å². The fourth-order valence-corrected chi connectivity index (χ4v) is 2.21. The first-order valence-corrected chi connectivity index (χ1v) is 6.00. The number of piperazine rings is 1. The summed E-state index contributed by atoms with van der Waals surface area (Å²) < 4.78 is 5.13. The van der Waals surface area contributed by atoms with Crippen molar-refractivity contribution >= 4 is 11.6 Å². The van der Waals surface area contributed by atoms with E-state index in [-0.39, 0.29) is 11.9 Å². The number of amides is 1. The smallest absolute Gasteiger partial charge is 0.236 e. The summed E-state index contributed by atoms with van der Waals surface area (Å²) in [7, 11) is 3.58. The Labute approximate surface area is 107 Å². The maximum absolute atomic E-state index is 11.4. The fourth-order valence-electron chi connectivity index (χ4n) is 2.21. The molecule has 0 bridgehead atoms. The minimum Gasteiger partial charge on any atom is -0.497 e. The van der Waals surface area contributed by atoms with Crippen LogP contribution in [0.5, 0.6) is 5.75 Å². The summed E-state index contributed by atoms with van der Waals surface area (Å²) in [6.45, 7) is 2.37. The Balaban J connectivity index is 2.11. The lowest BCUT2D eigenvalue weighted by molar-refractivity contribution is -0.122. The second-order valence-electron chi connectivity index (χ2n) is 4.54. The molecular formula is C13H19N3O2. The number of rotatable bonds is 3. The molecule has 1 aliphatic heterocycles. The van der Waals surface area contributed by atoms with Gasteiger partial charge in [0.25, 0.3) is 0 Å². The van der Waals surface area contributed by atoms with Crippen LogP contribution in [0.1, 0.15) is 0 Å².